The summed E-state index contributed by atoms with van der Waals surface area (Å²) in [5.41, 5.74) is 2.19. The van der Waals surface area contributed by atoms with Gasteiger partial charge in [0.25, 0.3) is 5.69 Å². The van der Waals surface area contributed by atoms with E-state index in [-0.39, 0.29) is 17.0 Å². The molecule has 0 N–H and O–H groups in total. The molecule has 5 heteroatoms. The van der Waals surface area contributed by atoms with Gasteiger partial charge >= 0.3 is 0 Å². The van der Waals surface area contributed by atoms with Crippen LogP contribution in [0.15, 0.2) is 29.8 Å². The number of nitro groups is 1. The van der Waals surface area contributed by atoms with Crippen LogP contribution in [-0.2, 0) is 0 Å². The number of hydrogen-bond donors (Lipinski definition) is 0. The summed E-state index contributed by atoms with van der Waals surface area (Å²) < 4.78 is 0. The van der Waals surface area contributed by atoms with Crippen molar-refractivity contribution in [3.8, 4) is 0 Å². The second-order valence-electron chi connectivity index (χ2n) is 4.78. The predicted octanol–water partition coefficient (Wildman–Crippen LogP) is 2.95. The Labute approximate surface area is 111 Å². The number of hydrogen-bond acceptors (Lipinski definition) is 4. The van der Waals surface area contributed by atoms with E-state index in [1.807, 2.05) is 0 Å². The van der Waals surface area contributed by atoms with Crippen molar-refractivity contribution in [3.63, 3.8) is 0 Å². The van der Waals surface area contributed by atoms with Gasteiger partial charge in [0, 0.05) is 24.8 Å². The van der Waals surface area contributed by atoms with Gasteiger partial charge < -0.3 is 4.90 Å². The second kappa shape index (κ2) is 5.22. The number of ketones is 1. The SMILES string of the molecule is CC(=O)c1cc(N2CCC=C(C)C2)ccc1[N+](=O)[O-]. The van der Waals surface area contributed by atoms with Crippen molar-refractivity contribution < 1.29 is 9.72 Å². The van der Waals surface area contributed by atoms with Gasteiger partial charge in [0.05, 0.1) is 10.5 Å². The highest BCUT2D eigenvalue weighted by Crippen LogP contribution is 2.27. The predicted molar refractivity (Wildman–Crippen MR) is 73.7 cm³/mol. The molecule has 0 bridgehead atoms. The Bertz CT molecular complexity index is 564. The van der Waals surface area contributed by atoms with Crippen molar-refractivity contribution in [2.24, 2.45) is 0 Å². The van der Waals surface area contributed by atoms with E-state index in [0.29, 0.717) is 0 Å². The fourth-order valence-corrected chi connectivity index (χ4v) is 2.29. The molecule has 5 nitrogen and oxygen atoms in total. The third-order valence-electron chi connectivity index (χ3n) is 3.25. The van der Waals surface area contributed by atoms with Crippen LogP contribution in [0.4, 0.5) is 11.4 Å². The average Bonchev–Trinajstić information content (AvgIpc) is 2.37. The summed E-state index contributed by atoms with van der Waals surface area (Å²) in [6, 6.07) is 4.75. The summed E-state index contributed by atoms with van der Waals surface area (Å²) in [6.07, 6.45) is 3.14. The van der Waals surface area contributed by atoms with E-state index in [0.717, 1.165) is 25.2 Å². The molecule has 1 aliphatic rings. The Morgan fingerprint density at radius 2 is 2.16 bits per heavy atom. The van der Waals surface area contributed by atoms with Crippen LogP contribution in [0.1, 0.15) is 30.6 Å². The van der Waals surface area contributed by atoms with Crippen LogP contribution < -0.4 is 4.90 Å². The van der Waals surface area contributed by atoms with Gasteiger partial charge in [0.1, 0.15) is 0 Å². The van der Waals surface area contributed by atoms with E-state index >= 15 is 0 Å². The molecule has 0 fully saturated rings. The van der Waals surface area contributed by atoms with E-state index in [2.05, 4.69) is 17.9 Å². The number of rotatable bonds is 3. The summed E-state index contributed by atoms with van der Waals surface area (Å²) in [7, 11) is 0. The molecule has 0 aromatic heterocycles. The molecule has 0 spiro atoms. The number of carbonyl (C=O) groups is 1. The van der Waals surface area contributed by atoms with Crippen LogP contribution in [0.3, 0.4) is 0 Å². The monoisotopic (exact) mass is 260 g/mol. The van der Waals surface area contributed by atoms with Crippen LogP contribution in [0.5, 0.6) is 0 Å². The molecular formula is C14H16N2O3. The zero-order valence-corrected chi connectivity index (χ0v) is 11.0. The smallest absolute Gasteiger partial charge is 0.280 e. The molecule has 0 unspecified atom stereocenters. The summed E-state index contributed by atoms with van der Waals surface area (Å²) in [4.78, 5) is 24.1. The number of nitrogens with zero attached hydrogens (tertiary/aromatic N) is 2. The quantitative estimate of drug-likeness (QED) is 0.363. The van der Waals surface area contributed by atoms with E-state index in [1.165, 1.54) is 18.6 Å². The standard InChI is InChI=1S/C14H16N2O3/c1-10-4-3-7-15(9-10)12-5-6-14(16(18)19)13(8-12)11(2)17/h4-6,8H,3,7,9H2,1-2H3. The van der Waals surface area contributed by atoms with Gasteiger partial charge in [-0.05, 0) is 32.4 Å². The number of anilines is 1. The van der Waals surface area contributed by atoms with Crippen LogP contribution in [-0.4, -0.2) is 23.8 Å². The highest BCUT2D eigenvalue weighted by molar-refractivity contribution is 5.99. The minimum Gasteiger partial charge on any atom is -0.367 e. The van der Waals surface area contributed by atoms with Gasteiger partial charge in [-0.2, -0.15) is 0 Å². The molecule has 19 heavy (non-hydrogen) atoms. The van der Waals surface area contributed by atoms with Gasteiger partial charge in [-0.15, -0.1) is 0 Å². The van der Waals surface area contributed by atoms with E-state index in [1.54, 1.807) is 12.1 Å². The summed E-state index contributed by atoms with van der Waals surface area (Å²) in [6.45, 7) is 5.08. The molecule has 0 saturated heterocycles. The van der Waals surface area contributed by atoms with Crippen molar-refractivity contribution in [2.45, 2.75) is 20.3 Å². The fraction of sp³-hybridized carbons (Fsp3) is 0.357. The Hall–Kier alpha value is -2.17. The van der Waals surface area contributed by atoms with Gasteiger partial charge in [0.2, 0.25) is 0 Å². The number of nitro benzene ring substituents is 1. The number of benzene rings is 1. The number of Topliss-reactive ketones (excluding diaryl/α,β-unsaturated/α-hetero) is 1. The average molecular weight is 260 g/mol. The molecule has 0 aliphatic carbocycles. The first-order valence-corrected chi connectivity index (χ1v) is 6.19. The molecule has 0 saturated carbocycles. The van der Waals surface area contributed by atoms with Crippen LogP contribution in [0, 0.1) is 10.1 Å². The summed E-state index contributed by atoms with van der Waals surface area (Å²) in [5.74, 6) is -0.280. The molecule has 0 radical (unpaired) electrons. The highest BCUT2D eigenvalue weighted by Gasteiger charge is 2.20. The normalized spacial score (nSPS) is 15.1. The molecule has 100 valence electrons. The summed E-state index contributed by atoms with van der Waals surface area (Å²) in [5, 5.41) is 10.9. The minimum absolute atomic E-state index is 0.125. The zero-order valence-electron chi connectivity index (χ0n) is 11.0. The Kier molecular flexibility index (Phi) is 3.64. The van der Waals surface area contributed by atoms with Crippen molar-refractivity contribution in [2.75, 3.05) is 18.0 Å². The van der Waals surface area contributed by atoms with E-state index < -0.39 is 4.92 Å². The van der Waals surface area contributed by atoms with Crippen LogP contribution >= 0.6 is 0 Å². The van der Waals surface area contributed by atoms with Crippen molar-refractivity contribution >= 4 is 17.2 Å². The lowest BCUT2D eigenvalue weighted by Crippen LogP contribution is -2.29. The van der Waals surface area contributed by atoms with Crippen LogP contribution in [0.2, 0.25) is 0 Å². The molecule has 2 rings (SSSR count). The zero-order chi connectivity index (χ0) is 14.0. The Morgan fingerprint density at radius 1 is 1.42 bits per heavy atom. The van der Waals surface area contributed by atoms with Gasteiger partial charge in [-0.1, -0.05) is 11.6 Å². The molecule has 1 heterocycles. The van der Waals surface area contributed by atoms with E-state index in [9.17, 15) is 14.9 Å². The fourth-order valence-electron chi connectivity index (χ4n) is 2.29. The molecule has 1 aromatic carbocycles. The van der Waals surface area contributed by atoms with Crippen molar-refractivity contribution in [3.05, 3.63) is 45.5 Å². The van der Waals surface area contributed by atoms with Crippen molar-refractivity contribution in [1.82, 2.24) is 0 Å². The van der Waals surface area contributed by atoms with Crippen molar-refractivity contribution in [1.29, 1.82) is 0 Å². The Morgan fingerprint density at radius 3 is 2.74 bits per heavy atom. The Balaban J connectivity index is 2.38. The largest absolute Gasteiger partial charge is 0.367 e. The lowest BCUT2D eigenvalue weighted by Gasteiger charge is -2.28. The first kappa shape index (κ1) is 13.3. The molecule has 0 atom stereocenters. The maximum atomic E-state index is 11.5. The molecule has 1 aromatic rings. The van der Waals surface area contributed by atoms with E-state index in [4.69, 9.17) is 0 Å². The minimum atomic E-state index is -0.512. The molecule has 1 aliphatic heterocycles. The number of carbonyl (C=O) groups excluding carboxylic acids is 1. The first-order valence-electron chi connectivity index (χ1n) is 6.19. The first-order chi connectivity index (χ1) is 8.99. The molecular weight excluding hydrogens is 244 g/mol. The van der Waals surface area contributed by atoms with Gasteiger partial charge in [-0.3, -0.25) is 14.9 Å². The molecule has 0 amide bonds. The maximum absolute atomic E-state index is 11.5. The third-order valence-corrected chi connectivity index (χ3v) is 3.25. The second-order valence-corrected chi connectivity index (χ2v) is 4.78. The van der Waals surface area contributed by atoms with Crippen LogP contribution in [0.25, 0.3) is 0 Å². The third kappa shape index (κ3) is 2.81. The topological polar surface area (TPSA) is 63.5 Å². The van der Waals surface area contributed by atoms with Gasteiger partial charge in [0.15, 0.2) is 5.78 Å². The lowest BCUT2D eigenvalue weighted by molar-refractivity contribution is -0.385. The highest BCUT2D eigenvalue weighted by atomic mass is 16.6. The van der Waals surface area contributed by atoms with Gasteiger partial charge in [-0.25, -0.2) is 0 Å². The summed E-state index contributed by atoms with van der Waals surface area (Å²) >= 11 is 0. The maximum Gasteiger partial charge on any atom is 0.280 e. The lowest BCUT2D eigenvalue weighted by atomic mass is 10.1.